The molecule has 86 valence electrons. The van der Waals surface area contributed by atoms with Crippen LogP contribution in [0, 0.1) is 0 Å². The summed E-state index contributed by atoms with van der Waals surface area (Å²) >= 11 is 0. The molecule has 0 spiro atoms. The average molecular weight is 232 g/mol. The molecule has 1 aliphatic rings. The van der Waals surface area contributed by atoms with Crippen molar-refractivity contribution >= 4 is 14.4 Å². The standard InChI is InChI=1S/C14H20OSi/c1-16(2,3)15-14-10-6-9-12-7-4-5-8-13(12)11-14/h4-5,7-8,11H,6,9-10H2,1-3H3. The minimum atomic E-state index is -1.46. The lowest BCUT2D eigenvalue weighted by Gasteiger charge is -2.21. The third kappa shape index (κ3) is 2.98. The van der Waals surface area contributed by atoms with Gasteiger partial charge in [-0.25, -0.2) is 0 Å². The molecule has 1 nitrogen and oxygen atoms in total. The Labute approximate surface area is 99.3 Å². The molecular formula is C14H20OSi. The Morgan fingerprint density at radius 1 is 1.06 bits per heavy atom. The summed E-state index contributed by atoms with van der Waals surface area (Å²) in [5, 5.41) is 0. The summed E-state index contributed by atoms with van der Waals surface area (Å²) in [4.78, 5) is 0. The molecule has 2 rings (SSSR count). The Hall–Kier alpha value is -1.02. The van der Waals surface area contributed by atoms with Gasteiger partial charge in [-0.2, -0.15) is 0 Å². The van der Waals surface area contributed by atoms with Crippen molar-refractivity contribution in [2.24, 2.45) is 0 Å². The molecule has 1 aliphatic carbocycles. The van der Waals surface area contributed by atoms with E-state index >= 15 is 0 Å². The molecule has 1 aromatic rings. The van der Waals surface area contributed by atoms with Gasteiger partial charge in [-0.05, 0) is 49.7 Å². The lowest BCUT2D eigenvalue weighted by molar-refractivity contribution is 0.402. The molecule has 0 heterocycles. The summed E-state index contributed by atoms with van der Waals surface area (Å²) in [5.74, 6) is 1.18. The van der Waals surface area contributed by atoms with Crippen LogP contribution in [-0.2, 0) is 10.8 Å². The number of hydrogen-bond donors (Lipinski definition) is 0. The fraction of sp³-hybridized carbons (Fsp3) is 0.429. The van der Waals surface area contributed by atoms with Gasteiger partial charge in [0, 0.05) is 6.42 Å². The van der Waals surface area contributed by atoms with Gasteiger partial charge in [-0.3, -0.25) is 0 Å². The van der Waals surface area contributed by atoms with Crippen LogP contribution in [0.1, 0.15) is 24.0 Å². The zero-order valence-corrected chi connectivity index (χ0v) is 11.4. The summed E-state index contributed by atoms with van der Waals surface area (Å²) in [5.41, 5.74) is 2.80. The molecule has 0 amide bonds. The molecule has 0 saturated heterocycles. The summed E-state index contributed by atoms with van der Waals surface area (Å²) < 4.78 is 6.12. The Kier molecular flexibility index (Phi) is 3.19. The van der Waals surface area contributed by atoms with Crippen molar-refractivity contribution in [1.82, 2.24) is 0 Å². The van der Waals surface area contributed by atoms with Crippen LogP contribution in [0.25, 0.3) is 6.08 Å². The number of aryl methyl sites for hydroxylation is 1. The Balaban J connectivity index is 2.26. The van der Waals surface area contributed by atoms with E-state index in [1.165, 1.54) is 29.7 Å². The molecule has 0 fully saturated rings. The largest absolute Gasteiger partial charge is 0.547 e. The second kappa shape index (κ2) is 4.46. The lowest BCUT2D eigenvalue weighted by Crippen LogP contribution is -2.24. The molecule has 0 radical (unpaired) electrons. The highest BCUT2D eigenvalue weighted by Crippen LogP contribution is 2.25. The maximum Gasteiger partial charge on any atom is 0.241 e. The van der Waals surface area contributed by atoms with E-state index in [9.17, 15) is 0 Å². The second-order valence-corrected chi connectivity index (χ2v) is 9.81. The quantitative estimate of drug-likeness (QED) is 0.694. The topological polar surface area (TPSA) is 9.23 Å². The van der Waals surface area contributed by atoms with E-state index in [2.05, 4.69) is 50.0 Å². The highest BCUT2D eigenvalue weighted by atomic mass is 28.4. The Morgan fingerprint density at radius 3 is 2.56 bits per heavy atom. The van der Waals surface area contributed by atoms with Crippen LogP contribution in [-0.4, -0.2) is 8.32 Å². The van der Waals surface area contributed by atoms with Gasteiger partial charge in [0.2, 0.25) is 8.32 Å². The van der Waals surface area contributed by atoms with Crippen LogP contribution in [0.15, 0.2) is 30.0 Å². The highest BCUT2D eigenvalue weighted by Gasteiger charge is 2.19. The number of fused-ring (bicyclic) bond motifs is 1. The van der Waals surface area contributed by atoms with E-state index in [0.717, 1.165) is 6.42 Å². The van der Waals surface area contributed by atoms with E-state index in [4.69, 9.17) is 4.43 Å². The van der Waals surface area contributed by atoms with Crippen molar-refractivity contribution in [3.63, 3.8) is 0 Å². The van der Waals surface area contributed by atoms with Crippen molar-refractivity contribution in [3.05, 3.63) is 41.2 Å². The molecule has 16 heavy (non-hydrogen) atoms. The van der Waals surface area contributed by atoms with Gasteiger partial charge >= 0.3 is 0 Å². The Bertz CT molecular complexity index is 401. The van der Waals surface area contributed by atoms with Gasteiger partial charge in [0.25, 0.3) is 0 Å². The van der Waals surface area contributed by atoms with E-state index < -0.39 is 8.32 Å². The number of rotatable bonds is 2. The number of allylic oxidation sites excluding steroid dienone is 1. The van der Waals surface area contributed by atoms with Crippen molar-refractivity contribution in [1.29, 1.82) is 0 Å². The average Bonchev–Trinajstić information content (AvgIpc) is 2.36. The van der Waals surface area contributed by atoms with E-state index in [1.807, 2.05) is 0 Å². The Morgan fingerprint density at radius 2 is 1.81 bits per heavy atom. The monoisotopic (exact) mass is 232 g/mol. The first-order valence-electron chi connectivity index (χ1n) is 6.02. The fourth-order valence-corrected chi connectivity index (χ4v) is 3.02. The van der Waals surface area contributed by atoms with Crippen LogP contribution in [0.4, 0.5) is 0 Å². The first-order chi connectivity index (χ1) is 7.54. The van der Waals surface area contributed by atoms with Crippen LogP contribution < -0.4 is 0 Å². The van der Waals surface area contributed by atoms with E-state index in [1.54, 1.807) is 0 Å². The molecule has 0 N–H and O–H groups in total. The van der Waals surface area contributed by atoms with Crippen molar-refractivity contribution < 1.29 is 4.43 Å². The zero-order valence-electron chi connectivity index (χ0n) is 10.4. The molecule has 2 heteroatoms. The number of hydrogen-bond acceptors (Lipinski definition) is 1. The molecule has 0 atom stereocenters. The molecule has 0 aromatic heterocycles. The second-order valence-electron chi connectivity index (χ2n) is 5.38. The van der Waals surface area contributed by atoms with Gasteiger partial charge < -0.3 is 4.43 Å². The first-order valence-corrected chi connectivity index (χ1v) is 9.43. The lowest BCUT2D eigenvalue weighted by atomic mass is 10.1. The predicted octanol–water partition coefficient (Wildman–Crippen LogP) is 4.22. The van der Waals surface area contributed by atoms with Crippen molar-refractivity contribution in [2.75, 3.05) is 0 Å². The van der Waals surface area contributed by atoms with Crippen LogP contribution >= 0.6 is 0 Å². The van der Waals surface area contributed by atoms with Gasteiger partial charge in [0.1, 0.15) is 0 Å². The maximum atomic E-state index is 6.12. The molecule has 0 bridgehead atoms. The minimum absolute atomic E-state index is 1.08. The minimum Gasteiger partial charge on any atom is -0.547 e. The fourth-order valence-electron chi connectivity index (χ4n) is 2.08. The third-order valence-electron chi connectivity index (χ3n) is 2.68. The van der Waals surface area contributed by atoms with Crippen molar-refractivity contribution in [2.45, 2.75) is 38.9 Å². The zero-order chi connectivity index (χ0) is 11.6. The third-order valence-corrected chi connectivity index (χ3v) is 3.55. The normalized spacial score (nSPS) is 16.1. The van der Waals surface area contributed by atoms with Gasteiger partial charge in [0.15, 0.2) is 0 Å². The van der Waals surface area contributed by atoms with Gasteiger partial charge in [-0.15, -0.1) is 0 Å². The summed E-state index contributed by atoms with van der Waals surface area (Å²) in [6.07, 6.45) is 5.69. The van der Waals surface area contributed by atoms with Crippen LogP contribution in [0.5, 0.6) is 0 Å². The molecular weight excluding hydrogens is 212 g/mol. The first kappa shape index (κ1) is 11.5. The maximum absolute atomic E-state index is 6.12. The predicted molar refractivity (Wildman–Crippen MR) is 71.8 cm³/mol. The van der Waals surface area contributed by atoms with E-state index in [-0.39, 0.29) is 0 Å². The van der Waals surface area contributed by atoms with Gasteiger partial charge in [0.05, 0.1) is 5.76 Å². The van der Waals surface area contributed by atoms with Crippen LogP contribution in [0.3, 0.4) is 0 Å². The number of benzene rings is 1. The molecule has 0 aliphatic heterocycles. The van der Waals surface area contributed by atoms with Gasteiger partial charge in [-0.1, -0.05) is 24.3 Å². The van der Waals surface area contributed by atoms with Crippen LogP contribution in [0.2, 0.25) is 19.6 Å². The molecule has 0 unspecified atom stereocenters. The van der Waals surface area contributed by atoms with E-state index in [0.29, 0.717) is 0 Å². The highest BCUT2D eigenvalue weighted by molar-refractivity contribution is 6.70. The summed E-state index contributed by atoms with van der Waals surface area (Å²) in [7, 11) is -1.46. The smallest absolute Gasteiger partial charge is 0.241 e. The SMILES string of the molecule is C[Si](C)(C)OC1=Cc2ccccc2CCC1. The molecule has 1 aromatic carbocycles. The summed E-state index contributed by atoms with van der Waals surface area (Å²) in [6.45, 7) is 6.72. The summed E-state index contributed by atoms with van der Waals surface area (Å²) in [6, 6.07) is 8.64. The molecule has 0 saturated carbocycles. The van der Waals surface area contributed by atoms with Crippen molar-refractivity contribution in [3.8, 4) is 0 Å².